The first-order valence-electron chi connectivity index (χ1n) is 6.81. The van der Waals surface area contributed by atoms with Crippen LogP contribution in [0.25, 0.3) is 0 Å². The van der Waals surface area contributed by atoms with Gasteiger partial charge in [-0.2, -0.15) is 5.10 Å². The molecule has 0 fully saturated rings. The molecule has 0 radical (unpaired) electrons. The van der Waals surface area contributed by atoms with E-state index in [1.165, 1.54) is 0 Å². The monoisotopic (exact) mass is 289 g/mol. The highest BCUT2D eigenvalue weighted by Crippen LogP contribution is 2.33. The van der Waals surface area contributed by atoms with Crippen molar-refractivity contribution in [1.82, 2.24) is 14.8 Å². The summed E-state index contributed by atoms with van der Waals surface area (Å²) >= 11 is 0. The second-order valence-corrected chi connectivity index (χ2v) is 5.23. The van der Waals surface area contributed by atoms with Crippen LogP contribution in [0.5, 0.6) is 0 Å². The van der Waals surface area contributed by atoms with Gasteiger partial charge in [-0.3, -0.25) is 15.1 Å². The normalized spacial score (nSPS) is 12.4. The van der Waals surface area contributed by atoms with Crippen molar-refractivity contribution in [3.8, 4) is 0 Å². The van der Waals surface area contributed by atoms with Crippen LogP contribution in [0.2, 0.25) is 0 Å². The fraction of sp³-hybridized carbons (Fsp3) is 0.429. The molecule has 0 bridgehead atoms. The highest BCUT2D eigenvalue weighted by molar-refractivity contribution is 5.60. The van der Waals surface area contributed by atoms with E-state index in [1.54, 1.807) is 24.0 Å². The van der Waals surface area contributed by atoms with Crippen molar-refractivity contribution in [2.45, 2.75) is 39.8 Å². The molecule has 7 heteroatoms. The Morgan fingerprint density at radius 3 is 2.62 bits per heavy atom. The van der Waals surface area contributed by atoms with E-state index in [1.807, 2.05) is 32.9 Å². The lowest BCUT2D eigenvalue weighted by Gasteiger charge is -2.17. The molecule has 0 saturated carbocycles. The van der Waals surface area contributed by atoms with E-state index in [0.717, 1.165) is 5.56 Å². The standard InChI is InChI=1S/C14H19N5O2/c1-9(2)18-14(13(19(20)21)11(4)17-18)16-10(3)12-6-5-7-15-8-12/h5-10,16H,1-4H3. The zero-order chi connectivity index (χ0) is 15.6. The Bertz CT molecular complexity index is 636. The summed E-state index contributed by atoms with van der Waals surface area (Å²) < 4.78 is 1.65. The number of hydrogen-bond acceptors (Lipinski definition) is 5. The molecule has 0 amide bonds. The lowest BCUT2D eigenvalue weighted by atomic mass is 10.1. The lowest BCUT2D eigenvalue weighted by Crippen LogP contribution is -2.14. The summed E-state index contributed by atoms with van der Waals surface area (Å²) in [6.45, 7) is 7.47. The van der Waals surface area contributed by atoms with E-state index in [9.17, 15) is 10.1 Å². The number of nitro groups is 1. The van der Waals surface area contributed by atoms with Crippen molar-refractivity contribution in [3.63, 3.8) is 0 Å². The van der Waals surface area contributed by atoms with Crippen molar-refractivity contribution < 1.29 is 4.92 Å². The van der Waals surface area contributed by atoms with Crippen molar-refractivity contribution in [2.24, 2.45) is 0 Å². The first-order chi connectivity index (χ1) is 9.91. The van der Waals surface area contributed by atoms with E-state index < -0.39 is 0 Å². The summed E-state index contributed by atoms with van der Waals surface area (Å²) in [5.74, 6) is 0.434. The molecule has 0 aliphatic heterocycles. The van der Waals surface area contributed by atoms with Crippen LogP contribution in [-0.4, -0.2) is 19.7 Å². The Morgan fingerprint density at radius 2 is 2.10 bits per heavy atom. The summed E-state index contributed by atoms with van der Waals surface area (Å²) in [6.07, 6.45) is 3.44. The van der Waals surface area contributed by atoms with Crippen LogP contribution in [0.1, 0.15) is 44.1 Å². The Kier molecular flexibility index (Phi) is 4.21. The molecule has 2 aromatic rings. The second kappa shape index (κ2) is 5.90. The van der Waals surface area contributed by atoms with Gasteiger partial charge in [-0.15, -0.1) is 0 Å². The number of aromatic nitrogens is 3. The summed E-state index contributed by atoms with van der Waals surface area (Å²) in [7, 11) is 0. The van der Waals surface area contributed by atoms with E-state index in [2.05, 4.69) is 15.4 Å². The smallest absolute Gasteiger partial charge is 0.333 e. The summed E-state index contributed by atoms with van der Waals surface area (Å²) in [4.78, 5) is 15.0. The molecule has 0 aliphatic carbocycles. The molecule has 0 aromatic carbocycles. The Morgan fingerprint density at radius 1 is 1.38 bits per heavy atom. The van der Waals surface area contributed by atoms with Crippen molar-refractivity contribution >= 4 is 11.5 Å². The predicted octanol–water partition coefficient (Wildman–Crippen LogP) is 3.25. The average molecular weight is 289 g/mol. The van der Waals surface area contributed by atoms with Gasteiger partial charge in [-0.25, -0.2) is 4.68 Å². The molecule has 1 unspecified atom stereocenters. The molecule has 21 heavy (non-hydrogen) atoms. The Hall–Kier alpha value is -2.44. The minimum atomic E-state index is -0.389. The molecule has 0 saturated heterocycles. The van der Waals surface area contributed by atoms with Gasteiger partial charge in [0.15, 0.2) is 0 Å². The van der Waals surface area contributed by atoms with Gasteiger partial charge in [0.1, 0.15) is 5.69 Å². The molecular formula is C14H19N5O2. The molecule has 7 nitrogen and oxygen atoms in total. The maximum absolute atomic E-state index is 11.3. The van der Waals surface area contributed by atoms with Gasteiger partial charge in [0, 0.05) is 18.4 Å². The number of anilines is 1. The third kappa shape index (κ3) is 3.01. The Balaban J connectivity index is 2.40. The molecule has 2 rings (SSSR count). The van der Waals surface area contributed by atoms with Crippen LogP contribution in [-0.2, 0) is 0 Å². The number of rotatable bonds is 5. The number of hydrogen-bond donors (Lipinski definition) is 1. The van der Waals surface area contributed by atoms with Gasteiger partial charge < -0.3 is 5.32 Å². The fourth-order valence-corrected chi connectivity index (χ4v) is 2.19. The third-order valence-corrected chi connectivity index (χ3v) is 3.26. The van der Waals surface area contributed by atoms with Gasteiger partial charge in [0.2, 0.25) is 5.82 Å². The van der Waals surface area contributed by atoms with Crippen molar-refractivity contribution in [3.05, 3.63) is 45.9 Å². The van der Waals surface area contributed by atoms with E-state index in [4.69, 9.17) is 0 Å². The maximum Gasteiger partial charge on any atom is 0.333 e. The van der Waals surface area contributed by atoms with Gasteiger partial charge in [-0.05, 0) is 39.3 Å². The van der Waals surface area contributed by atoms with Gasteiger partial charge in [0.05, 0.1) is 11.0 Å². The Labute approximate surface area is 123 Å². The number of nitrogens with zero attached hydrogens (tertiary/aromatic N) is 4. The summed E-state index contributed by atoms with van der Waals surface area (Å²) in [6, 6.07) is 3.69. The predicted molar refractivity (Wildman–Crippen MR) is 80.3 cm³/mol. The summed E-state index contributed by atoms with van der Waals surface area (Å²) in [5.41, 5.74) is 1.40. The molecule has 1 N–H and O–H groups in total. The highest BCUT2D eigenvalue weighted by atomic mass is 16.6. The zero-order valence-corrected chi connectivity index (χ0v) is 12.6. The van der Waals surface area contributed by atoms with Crippen molar-refractivity contribution in [2.75, 3.05) is 5.32 Å². The fourth-order valence-electron chi connectivity index (χ4n) is 2.19. The molecule has 112 valence electrons. The second-order valence-electron chi connectivity index (χ2n) is 5.23. The lowest BCUT2D eigenvalue weighted by molar-refractivity contribution is -0.384. The largest absolute Gasteiger partial charge is 0.358 e. The average Bonchev–Trinajstić information content (AvgIpc) is 2.76. The summed E-state index contributed by atoms with van der Waals surface area (Å²) in [5, 5.41) is 18.8. The van der Waals surface area contributed by atoms with Crippen LogP contribution in [0.15, 0.2) is 24.5 Å². The number of aryl methyl sites for hydroxylation is 1. The quantitative estimate of drug-likeness (QED) is 0.674. The molecular weight excluding hydrogens is 270 g/mol. The zero-order valence-electron chi connectivity index (χ0n) is 12.6. The third-order valence-electron chi connectivity index (χ3n) is 3.26. The highest BCUT2D eigenvalue weighted by Gasteiger charge is 2.27. The van der Waals surface area contributed by atoms with Crippen LogP contribution in [0, 0.1) is 17.0 Å². The van der Waals surface area contributed by atoms with E-state index >= 15 is 0 Å². The van der Waals surface area contributed by atoms with Gasteiger partial charge in [-0.1, -0.05) is 6.07 Å². The van der Waals surface area contributed by atoms with Crippen LogP contribution < -0.4 is 5.32 Å². The minimum absolute atomic E-state index is 0.0273. The van der Waals surface area contributed by atoms with Crippen LogP contribution in [0.3, 0.4) is 0 Å². The van der Waals surface area contributed by atoms with Crippen molar-refractivity contribution in [1.29, 1.82) is 0 Å². The number of pyridine rings is 1. The first-order valence-corrected chi connectivity index (χ1v) is 6.81. The molecule has 1 atom stereocenters. The first kappa shape index (κ1) is 15.0. The SMILES string of the molecule is Cc1nn(C(C)C)c(NC(C)c2cccnc2)c1[N+](=O)[O-]. The van der Waals surface area contributed by atoms with Crippen LogP contribution >= 0.6 is 0 Å². The number of nitrogens with one attached hydrogen (secondary N) is 1. The molecule has 2 heterocycles. The van der Waals surface area contributed by atoms with Gasteiger partial charge >= 0.3 is 5.69 Å². The molecule has 2 aromatic heterocycles. The van der Waals surface area contributed by atoms with E-state index in [-0.39, 0.29) is 22.7 Å². The topological polar surface area (TPSA) is 85.9 Å². The maximum atomic E-state index is 11.3. The molecule has 0 spiro atoms. The van der Waals surface area contributed by atoms with Crippen LogP contribution in [0.4, 0.5) is 11.5 Å². The van der Waals surface area contributed by atoms with Gasteiger partial charge in [0.25, 0.3) is 0 Å². The van der Waals surface area contributed by atoms with E-state index in [0.29, 0.717) is 11.5 Å². The minimum Gasteiger partial charge on any atom is -0.358 e. The molecule has 0 aliphatic rings.